The lowest BCUT2D eigenvalue weighted by molar-refractivity contribution is 0.0743. The molecule has 1 aromatic rings. The Morgan fingerprint density at radius 1 is 1.50 bits per heavy atom. The molecule has 0 spiro atoms. The molecule has 1 amide bonds. The Balaban J connectivity index is 2.41. The Morgan fingerprint density at radius 3 is 2.75 bits per heavy atom. The van der Waals surface area contributed by atoms with Gasteiger partial charge in [0.25, 0.3) is 5.91 Å². The number of benzene rings is 1. The second-order valence-corrected chi connectivity index (χ2v) is 4.91. The zero-order valence-electron chi connectivity index (χ0n) is 11.7. The van der Waals surface area contributed by atoms with Crippen molar-refractivity contribution < 1.29 is 13.9 Å². The summed E-state index contributed by atoms with van der Waals surface area (Å²) in [6.07, 6.45) is 0. The van der Waals surface area contributed by atoms with E-state index in [2.05, 4.69) is 6.07 Å². The fraction of sp³-hybridized carbons (Fsp3) is 0.429. The zero-order chi connectivity index (χ0) is 14.9. The summed E-state index contributed by atoms with van der Waals surface area (Å²) in [5.41, 5.74) is 0.365. The number of likely N-dealkylation sites (N-methyl/N-ethyl adjacent to an activating group) is 1. The highest BCUT2D eigenvalue weighted by atomic mass is 19.1. The lowest BCUT2D eigenvalue weighted by Crippen LogP contribution is -2.34. The van der Waals surface area contributed by atoms with Crippen molar-refractivity contribution in [1.29, 1.82) is 5.26 Å². The second-order valence-electron chi connectivity index (χ2n) is 4.91. The molecule has 1 aliphatic heterocycles. The molecule has 0 radical (unpaired) electrons. The van der Waals surface area contributed by atoms with Gasteiger partial charge in [-0.2, -0.15) is 5.26 Å². The van der Waals surface area contributed by atoms with Crippen molar-refractivity contribution in [3.05, 3.63) is 29.1 Å². The smallest absolute Gasteiger partial charge is 0.258 e. The maximum atomic E-state index is 14.0. The van der Waals surface area contributed by atoms with Gasteiger partial charge in [-0.25, -0.2) is 4.39 Å². The van der Waals surface area contributed by atoms with Crippen LogP contribution in [0.15, 0.2) is 12.1 Å². The van der Waals surface area contributed by atoms with E-state index in [0.29, 0.717) is 24.4 Å². The number of halogens is 1. The number of amides is 1. The molecule has 1 unspecified atom stereocenters. The number of nitriles is 1. The predicted octanol–water partition coefficient (Wildman–Crippen LogP) is 1.42. The van der Waals surface area contributed by atoms with Crippen LogP contribution in [-0.2, 0) is 0 Å². The van der Waals surface area contributed by atoms with Crippen LogP contribution in [0.5, 0.6) is 5.75 Å². The average molecular weight is 277 g/mol. The SMILES string of the molecule is COc1cc(F)c2c(c1)C(C#N)N(CCN(C)C)C2=O. The van der Waals surface area contributed by atoms with Crippen LogP contribution in [0.2, 0.25) is 0 Å². The fourth-order valence-electron chi connectivity index (χ4n) is 2.27. The summed E-state index contributed by atoms with van der Waals surface area (Å²) < 4.78 is 19.0. The van der Waals surface area contributed by atoms with Gasteiger partial charge in [-0.15, -0.1) is 0 Å². The number of hydrogen-bond donors (Lipinski definition) is 0. The summed E-state index contributed by atoms with van der Waals surface area (Å²) >= 11 is 0. The van der Waals surface area contributed by atoms with Crippen LogP contribution < -0.4 is 4.74 Å². The third kappa shape index (κ3) is 2.32. The molecule has 0 bridgehead atoms. The summed E-state index contributed by atoms with van der Waals surface area (Å²) in [4.78, 5) is 15.6. The van der Waals surface area contributed by atoms with E-state index < -0.39 is 17.8 Å². The first-order valence-corrected chi connectivity index (χ1v) is 6.22. The summed E-state index contributed by atoms with van der Waals surface area (Å²) in [6, 6.07) is 4.03. The van der Waals surface area contributed by atoms with Gasteiger partial charge in [0.15, 0.2) is 0 Å². The predicted molar refractivity (Wildman–Crippen MR) is 70.9 cm³/mol. The molecular formula is C14H16FN3O2. The molecular weight excluding hydrogens is 261 g/mol. The van der Waals surface area contributed by atoms with E-state index in [9.17, 15) is 14.4 Å². The van der Waals surface area contributed by atoms with E-state index in [1.807, 2.05) is 19.0 Å². The largest absolute Gasteiger partial charge is 0.497 e. The minimum absolute atomic E-state index is 0.0175. The van der Waals surface area contributed by atoms with Gasteiger partial charge in [0.1, 0.15) is 17.6 Å². The van der Waals surface area contributed by atoms with Crippen LogP contribution in [0, 0.1) is 17.1 Å². The lowest BCUT2D eigenvalue weighted by atomic mass is 10.0. The van der Waals surface area contributed by atoms with Crippen molar-refractivity contribution in [3.63, 3.8) is 0 Å². The minimum atomic E-state index is -0.762. The normalized spacial score (nSPS) is 17.3. The van der Waals surface area contributed by atoms with Gasteiger partial charge in [-0.05, 0) is 20.2 Å². The molecule has 0 saturated carbocycles. The number of methoxy groups -OCH3 is 1. The first-order valence-electron chi connectivity index (χ1n) is 6.22. The van der Waals surface area contributed by atoms with Gasteiger partial charge in [0.05, 0.1) is 18.7 Å². The van der Waals surface area contributed by atoms with Gasteiger partial charge < -0.3 is 14.5 Å². The van der Waals surface area contributed by atoms with Crippen molar-refractivity contribution in [2.75, 3.05) is 34.3 Å². The second kappa shape index (κ2) is 5.47. The highest BCUT2D eigenvalue weighted by molar-refractivity contribution is 6.00. The number of rotatable bonds is 4. The monoisotopic (exact) mass is 277 g/mol. The van der Waals surface area contributed by atoms with Crippen LogP contribution in [-0.4, -0.2) is 50.0 Å². The minimum Gasteiger partial charge on any atom is -0.497 e. The Kier molecular flexibility index (Phi) is 3.91. The summed E-state index contributed by atoms with van der Waals surface area (Å²) in [5, 5.41) is 9.30. The first-order chi connectivity index (χ1) is 9.49. The molecule has 106 valence electrons. The molecule has 5 nitrogen and oxygen atoms in total. The molecule has 1 atom stereocenters. The van der Waals surface area contributed by atoms with Crippen LogP contribution in [0.25, 0.3) is 0 Å². The molecule has 0 N–H and O–H groups in total. The Labute approximate surface area is 117 Å². The number of nitrogens with zero attached hydrogens (tertiary/aromatic N) is 3. The molecule has 0 aromatic heterocycles. The first kappa shape index (κ1) is 14.3. The van der Waals surface area contributed by atoms with Gasteiger partial charge in [0, 0.05) is 24.7 Å². The topological polar surface area (TPSA) is 56.6 Å². The van der Waals surface area contributed by atoms with E-state index in [1.165, 1.54) is 18.1 Å². The van der Waals surface area contributed by atoms with Crippen LogP contribution in [0.1, 0.15) is 22.0 Å². The van der Waals surface area contributed by atoms with Gasteiger partial charge >= 0.3 is 0 Å². The number of fused-ring (bicyclic) bond motifs is 1. The molecule has 1 heterocycles. The summed E-state index contributed by atoms with van der Waals surface area (Å²) in [7, 11) is 5.17. The van der Waals surface area contributed by atoms with Crippen molar-refractivity contribution in [2.24, 2.45) is 0 Å². The maximum absolute atomic E-state index is 14.0. The van der Waals surface area contributed by atoms with Gasteiger partial charge in [-0.1, -0.05) is 0 Å². The quantitative estimate of drug-likeness (QED) is 0.835. The third-order valence-corrected chi connectivity index (χ3v) is 3.32. The maximum Gasteiger partial charge on any atom is 0.258 e. The van der Waals surface area contributed by atoms with Crippen molar-refractivity contribution in [1.82, 2.24) is 9.80 Å². The van der Waals surface area contributed by atoms with Gasteiger partial charge in [-0.3, -0.25) is 4.79 Å². The number of carbonyl (C=O) groups excluding carboxylic acids is 1. The highest BCUT2D eigenvalue weighted by Gasteiger charge is 2.39. The summed E-state index contributed by atoms with van der Waals surface area (Å²) in [6.45, 7) is 0.983. The van der Waals surface area contributed by atoms with Crippen molar-refractivity contribution in [2.45, 2.75) is 6.04 Å². The Bertz CT molecular complexity index is 581. The van der Waals surface area contributed by atoms with E-state index in [-0.39, 0.29) is 5.56 Å². The number of carbonyl (C=O) groups is 1. The highest BCUT2D eigenvalue weighted by Crippen LogP contribution is 2.37. The zero-order valence-corrected chi connectivity index (χ0v) is 11.7. The molecule has 2 rings (SSSR count). The van der Waals surface area contributed by atoms with Crippen LogP contribution >= 0.6 is 0 Å². The van der Waals surface area contributed by atoms with E-state index in [0.717, 1.165) is 0 Å². The molecule has 0 saturated heterocycles. The summed E-state index contributed by atoms with van der Waals surface area (Å²) in [5.74, 6) is -0.769. The molecule has 6 heteroatoms. The average Bonchev–Trinajstić information content (AvgIpc) is 2.68. The molecule has 0 aliphatic carbocycles. The van der Waals surface area contributed by atoms with Gasteiger partial charge in [0.2, 0.25) is 0 Å². The van der Waals surface area contributed by atoms with Crippen molar-refractivity contribution in [3.8, 4) is 11.8 Å². The van der Waals surface area contributed by atoms with E-state index in [4.69, 9.17) is 4.74 Å². The molecule has 1 aliphatic rings. The van der Waals surface area contributed by atoms with Crippen molar-refractivity contribution >= 4 is 5.91 Å². The van der Waals surface area contributed by atoms with E-state index >= 15 is 0 Å². The number of ether oxygens (including phenoxy) is 1. The third-order valence-electron chi connectivity index (χ3n) is 3.32. The Morgan fingerprint density at radius 2 is 2.20 bits per heavy atom. The fourth-order valence-corrected chi connectivity index (χ4v) is 2.27. The molecule has 0 fully saturated rings. The number of hydrogen-bond acceptors (Lipinski definition) is 4. The van der Waals surface area contributed by atoms with Crippen LogP contribution in [0.4, 0.5) is 4.39 Å². The Hall–Kier alpha value is -2.13. The van der Waals surface area contributed by atoms with Crippen LogP contribution in [0.3, 0.4) is 0 Å². The lowest BCUT2D eigenvalue weighted by Gasteiger charge is -2.22. The molecule has 1 aromatic carbocycles. The standard InChI is InChI=1S/C14H16FN3O2/c1-17(2)4-5-18-12(8-16)10-6-9(20-3)7-11(15)13(10)14(18)19/h6-7,12H,4-5H2,1-3H3. The van der Waals surface area contributed by atoms with E-state index in [1.54, 1.807) is 6.07 Å². The molecule has 20 heavy (non-hydrogen) atoms.